The van der Waals surface area contributed by atoms with Gasteiger partial charge in [-0.05, 0) is 88.7 Å². The van der Waals surface area contributed by atoms with Gasteiger partial charge in [-0.15, -0.1) is 0 Å². The van der Waals surface area contributed by atoms with E-state index in [0.29, 0.717) is 17.4 Å². The second kappa shape index (κ2) is 12.6. The number of aliphatic imine (C=N–C) groups is 1. The molecule has 6 heteroatoms. The van der Waals surface area contributed by atoms with E-state index in [9.17, 15) is 0 Å². The first-order valence-electron chi connectivity index (χ1n) is 11.6. The molecule has 0 aliphatic heterocycles. The number of aryl methyl sites for hydroxylation is 1. The zero-order valence-electron chi connectivity index (χ0n) is 20.6. The molecule has 0 spiro atoms. The molecule has 1 aromatic carbocycles. The Bertz CT molecular complexity index is 1110. The van der Waals surface area contributed by atoms with Crippen LogP contribution in [0.5, 0.6) is 5.75 Å². The van der Waals surface area contributed by atoms with E-state index in [1.165, 1.54) is 18.2 Å². The van der Waals surface area contributed by atoms with Crippen LogP contribution in [-0.2, 0) is 0 Å². The molecule has 0 atom stereocenters. The molecule has 6 nitrogen and oxygen atoms in total. The Kier molecular flexibility index (Phi) is 9.23. The Morgan fingerprint density at radius 2 is 1.88 bits per heavy atom. The fraction of sp³-hybridized carbons (Fsp3) is 0.286. The number of ether oxygens (including phenoxy) is 1. The zero-order valence-corrected chi connectivity index (χ0v) is 20.6. The zero-order chi connectivity index (χ0) is 24.3. The number of aromatic nitrogens is 1. The highest BCUT2D eigenvalue weighted by Crippen LogP contribution is 2.30. The normalized spacial score (nSPS) is 14.2. The Morgan fingerprint density at radius 3 is 2.53 bits per heavy atom. The first-order chi connectivity index (χ1) is 16.4. The summed E-state index contributed by atoms with van der Waals surface area (Å²) in [4.78, 5) is 11.2. The minimum Gasteiger partial charge on any atom is -0.462 e. The van der Waals surface area contributed by atoms with Crippen LogP contribution in [0.4, 0.5) is 11.6 Å². The van der Waals surface area contributed by atoms with Gasteiger partial charge in [-0.1, -0.05) is 30.9 Å². The van der Waals surface area contributed by atoms with Crippen molar-refractivity contribution >= 4 is 17.5 Å². The van der Waals surface area contributed by atoms with Gasteiger partial charge in [-0.2, -0.15) is 0 Å². The molecule has 0 bridgehead atoms. The smallest absolute Gasteiger partial charge is 0.134 e. The van der Waals surface area contributed by atoms with E-state index in [-0.39, 0.29) is 0 Å². The van der Waals surface area contributed by atoms with Crippen LogP contribution >= 0.6 is 0 Å². The standard InChI is InChI=1S/C28H35N5O/c1-6-29-28(20-22(3)34-24-14-7-11-21(2)19-24)32-27-17-9-16-26(31-27)30-25(23-12-8-13-23)15-10-18-33(4)5/h6-7,9-11,14-17,19-20H,1,8,12-13,18H2,2-5H3,(H2,29,30,31,32)/b15-10+,22-20+. The predicted octanol–water partition coefficient (Wildman–Crippen LogP) is 6.29. The summed E-state index contributed by atoms with van der Waals surface area (Å²) < 4.78 is 5.94. The van der Waals surface area contributed by atoms with Gasteiger partial charge >= 0.3 is 0 Å². The lowest BCUT2D eigenvalue weighted by Gasteiger charge is -2.21. The predicted molar refractivity (Wildman–Crippen MR) is 143 cm³/mol. The molecule has 0 saturated heterocycles. The largest absolute Gasteiger partial charge is 0.462 e. The van der Waals surface area contributed by atoms with Crippen LogP contribution in [0.1, 0.15) is 31.7 Å². The van der Waals surface area contributed by atoms with Gasteiger partial charge in [-0.25, -0.2) is 9.98 Å². The lowest BCUT2D eigenvalue weighted by Crippen LogP contribution is -2.14. The average Bonchev–Trinajstić information content (AvgIpc) is 2.72. The lowest BCUT2D eigenvalue weighted by molar-refractivity contribution is 0.428. The van der Waals surface area contributed by atoms with E-state index in [1.54, 1.807) is 0 Å². The molecular formula is C28H35N5O. The second-order valence-electron chi connectivity index (χ2n) is 8.56. The van der Waals surface area contributed by atoms with Gasteiger partial charge in [0.1, 0.15) is 29.0 Å². The summed E-state index contributed by atoms with van der Waals surface area (Å²) in [5, 5.41) is 6.77. The SMILES string of the molecule is C=CN=C(/C=C(\C)Oc1cccc(C)c1)Nc1cccc(NC(/C=C/CN(C)C)=C2CCC2)n1. The molecule has 0 unspecified atom stereocenters. The summed E-state index contributed by atoms with van der Waals surface area (Å²) >= 11 is 0. The topological polar surface area (TPSA) is 61.8 Å². The number of amidine groups is 1. The number of nitrogens with zero attached hydrogens (tertiary/aromatic N) is 3. The van der Waals surface area contributed by atoms with E-state index < -0.39 is 0 Å². The number of allylic oxidation sites excluding steroid dienone is 3. The highest BCUT2D eigenvalue weighted by atomic mass is 16.5. The highest BCUT2D eigenvalue weighted by Gasteiger charge is 2.14. The monoisotopic (exact) mass is 457 g/mol. The quantitative estimate of drug-likeness (QED) is 0.249. The van der Waals surface area contributed by atoms with Gasteiger partial charge in [0.2, 0.25) is 0 Å². The van der Waals surface area contributed by atoms with E-state index in [1.807, 2.05) is 62.4 Å². The summed E-state index contributed by atoms with van der Waals surface area (Å²) in [5.74, 6) is 3.54. The minimum absolute atomic E-state index is 0.591. The van der Waals surface area contributed by atoms with Crippen molar-refractivity contribution < 1.29 is 4.74 Å². The Balaban J connectivity index is 1.72. The van der Waals surface area contributed by atoms with Gasteiger partial charge in [-0.3, -0.25) is 0 Å². The Morgan fingerprint density at radius 1 is 1.15 bits per heavy atom. The maximum atomic E-state index is 5.94. The van der Waals surface area contributed by atoms with Crippen molar-refractivity contribution in [2.24, 2.45) is 4.99 Å². The third kappa shape index (κ3) is 8.05. The summed E-state index contributed by atoms with van der Waals surface area (Å²) in [6.07, 6.45) is 11.2. The molecule has 2 aromatic rings. The van der Waals surface area contributed by atoms with Crippen LogP contribution in [0.3, 0.4) is 0 Å². The van der Waals surface area contributed by atoms with Crippen molar-refractivity contribution in [1.82, 2.24) is 9.88 Å². The maximum absolute atomic E-state index is 5.94. The van der Waals surface area contributed by atoms with Crippen LogP contribution in [0.2, 0.25) is 0 Å². The first-order valence-corrected chi connectivity index (χ1v) is 11.6. The van der Waals surface area contributed by atoms with Crippen molar-refractivity contribution in [1.29, 1.82) is 0 Å². The van der Waals surface area contributed by atoms with Crippen molar-refractivity contribution in [3.8, 4) is 5.75 Å². The number of hydrogen-bond acceptors (Lipinski definition) is 5. The molecule has 1 fully saturated rings. The molecule has 0 amide bonds. The minimum atomic E-state index is 0.591. The summed E-state index contributed by atoms with van der Waals surface area (Å²) in [7, 11) is 4.13. The summed E-state index contributed by atoms with van der Waals surface area (Å²) in [5.41, 5.74) is 3.72. The Hall–Kier alpha value is -3.64. The molecule has 1 aliphatic carbocycles. The molecule has 3 rings (SSSR count). The van der Waals surface area contributed by atoms with Crippen LogP contribution in [0.25, 0.3) is 0 Å². The molecule has 178 valence electrons. The summed E-state index contributed by atoms with van der Waals surface area (Å²) in [6.45, 7) is 8.56. The van der Waals surface area contributed by atoms with Crippen molar-refractivity contribution in [3.63, 3.8) is 0 Å². The second-order valence-corrected chi connectivity index (χ2v) is 8.56. The van der Waals surface area contributed by atoms with Crippen molar-refractivity contribution in [2.45, 2.75) is 33.1 Å². The van der Waals surface area contributed by atoms with E-state index in [0.717, 1.165) is 42.2 Å². The van der Waals surface area contributed by atoms with Crippen molar-refractivity contribution in [3.05, 3.63) is 96.1 Å². The molecular weight excluding hydrogens is 422 g/mol. The molecule has 2 N–H and O–H groups in total. The fourth-order valence-corrected chi connectivity index (χ4v) is 3.39. The highest BCUT2D eigenvalue weighted by molar-refractivity contribution is 6.03. The maximum Gasteiger partial charge on any atom is 0.134 e. The number of hydrogen-bond donors (Lipinski definition) is 2. The Labute approximate surface area is 203 Å². The number of benzene rings is 1. The number of rotatable bonds is 10. The first kappa shape index (κ1) is 25.0. The molecule has 1 heterocycles. The van der Waals surface area contributed by atoms with E-state index in [2.05, 4.69) is 53.4 Å². The third-order valence-corrected chi connectivity index (χ3v) is 5.20. The van der Waals surface area contributed by atoms with Crippen LogP contribution in [0, 0.1) is 6.92 Å². The average molecular weight is 458 g/mol. The van der Waals surface area contributed by atoms with Gasteiger partial charge in [0.15, 0.2) is 0 Å². The van der Waals surface area contributed by atoms with Crippen LogP contribution in [0.15, 0.2) is 95.5 Å². The van der Waals surface area contributed by atoms with Gasteiger partial charge in [0.05, 0.1) is 0 Å². The third-order valence-electron chi connectivity index (χ3n) is 5.20. The number of likely N-dealkylation sites (N-methyl/N-ethyl adjacent to an activating group) is 1. The molecule has 1 saturated carbocycles. The number of pyridine rings is 1. The van der Waals surface area contributed by atoms with Crippen LogP contribution in [-0.4, -0.2) is 36.4 Å². The summed E-state index contributed by atoms with van der Waals surface area (Å²) in [6, 6.07) is 13.8. The number of anilines is 2. The van der Waals surface area contributed by atoms with Crippen molar-refractivity contribution in [2.75, 3.05) is 31.3 Å². The number of nitrogens with one attached hydrogen (secondary N) is 2. The molecule has 34 heavy (non-hydrogen) atoms. The van der Waals surface area contributed by atoms with Gasteiger partial charge in [0.25, 0.3) is 0 Å². The van der Waals surface area contributed by atoms with Gasteiger partial charge in [0, 0.05) is 24.5 Å². The van der Waals surface area contributed by atoms with Crippen LogP contribution < -0.4 is 15.4 Å². The molecule has 1 aliphatic rings. The van der Waals surface area contributed by atoms with Gasteiger partial charge < -0.3 is 20.3 Å². The van der Waals surface area contributed by atoms with E-state index >= 15 is 0 Å². The fourth-order valence-electron chi connectivity index (χ4n) is 3.39. The molecule has 0 radical (unpaired) electrons. The van der Waals surface area contributed by atoms with E-state index in [4.69, 9.17) is 9.72 Å². The molecule has 1 aromatic heterocycles. The lowest BCUT2D eigenvalue weighted by atomic mass is 9.90.